The van der Waals surface area contributed by atoms with Crippen LogP contribution in [0.2, 0.25) is 0 Å². The Morgan fingerprint density at radius 2 is 2.46 bits per heavy atom. The normalized spacial score (nSPS) is 26.8. The van der Waals surface area contributed by atoms with Crippen molar-refractivity contribution in [1.82, 2.24) is 9.55 Å². The van der Waals surface area contributed by atoms with Gasteiger partial charge >= 0.3 is 5.97 Å². The second-order valence-electron chi connectivity index (χ2n) is 3.51. The summed E-state index contributed by atoms with van der Waals surface area (Å²) >= 11 is 0. The first kappa shape index (κ1) is 8.29. The van der Waals surface area contributed by atoms with Gasteiger partial charge in [-0.3, -0.25) is 4.79 Å². The van der Waals surface area contributed by atoms with Gasteiger partial charge in [0.1, 0.15) is 11.7 Å². The lowest BCUT2D eigenvalue weighted by Crippen LogP contribution is -2.24. The number of hydrogen-bond donors (Lipinski definition) is 1. The predicted octanol–water partition coefficient (Wildman–Crippen LogP) is 1.41. The summed E-state index contributed by atoms with van der Waals surface area (Å²) in [4.78, 5) is 15.0. The Bertz CT molecular complexity index is 332. The highest BCUT2D eigenvalue weighted by atomic mass is 16.4. The van der Waals surface area contributed by atoms with Crippen molar-refractivity contribution >= 4 is 5.97 Å². The molecule has 0 saturated heterocycles. The molecule has 13 heavy (non-hydrogen) atoms. The Morgan fingerprint density at radius 1 is 1.69 bits per heavy atom. The van der Waals surface area contributed by atoms with Crippen molar-refractivity contribution in [2.24, 2.45) is 0 Å². The van der Waals surface area contributed by atoms with Gasteiger partial charge in [0.05, 0.1) is 0 Å². The summed E-state index contributed by atoms with van der Waals surface area (Å²) in [6.45, 7) is 2.09. The minimum absolute atomic E-state index is 0.382. The molecule has 2 unspecified atom stereocenters. The van der Waals surface area contributed by atoms with Gasteiger partial charge in [0, 0.05) is 18.4 Å². The van der Waals surface area contributed by atoms with Gasteiger partial charge in [0.15, 0.2) is 0 Å². The zero-order valence-electron chi connectivity index (χ0n) is 7.47. The highest BCUT2D eigenvalue weighted by Crippen LogP contribution is 2.31. The largest absolute Gasteiger partial charge is 0.481 e. The zero-order chi connectivity index (χ0) is 9.42. The lowest BCUT2D eigenvalue weighted by atomic mass is 9.95. The number of aliphatic carboxylic acids is 1. The lowest BCUT2D eigenvalue weighted by Gasteiger charge is -2.25. The van der Waals surface area contributed by atoms with Gasteiger partial charge in [-0.2, -0.15) is 0 Å². The molecule has 2 rings (SSSR count). The van der Waals surface area contributed by atoms with E-state index in [4.69, 9.17) is 5.11 Å². The van der Waals surface area contributed by atoms with Crippen LogP contribution in [0.1, 0.15) is 37.5 Å². The monoisotopic (exact) mass is 180 g/mol. The first-order valence-corrected chi connectivity index (χ1v) is 4.45. The summed E-state index contributed by atoms with van der Waals surface area (Å²) in [5.41, 5.74) is 0. The number of carboxylic acids is 1. The van der Waals surface area contributed by atoms with E-state index in [9.17, 15) is 4.79 Å². The molecule has 2 atom stereocenters. The molecule has 4 nitrogen and oxygen atoms in total. The quantitative estimate of drug-likeness (QED) is 0.710. The number of rotatable bonds is 1. The Labute approximate surface area is 76.2 Å². The summed E-state index contributed by atoms with van der Waals surface area (Å²) in [5.74, 6) is -0.475. The van der Waals surface area contributed by atoms with Gasteiger partial charge in [-0.1, -0.05) is 0 Å². The van der Waals surface area contributed by atoms with Crippen molar-refractivity contribution in [1.29, 1.82) is 0 Å². The lowest BCUT2D eigenvalue weighted by molar-refractivity contribution is -0.139. The highest BCUT2D eigenvalue weighted by molar-refractivity contribution is 5.75. The van der Waals surface area contributed by atoms with E-state index in [0.717, 1.165) is 6.42 Å². The number of carboxylic acid groups (broad SMARTS) is 1. The Hall–Kier alpha value is -1.32. The number of aromatic nitrogens is 2. The van der Waals surface area contributed by atoms with Crippen LogP contribution in [0.15, 0.2) is 12.4 Å². The van der Waals surface area contributed by atoms with Crippen LogP contribution in [-0.4, -0.2) is 20.6 Å². The van der Waals surface area contributed by atoms with Gasteiger partial charge in [-0.05, 0) is 19.8 Å². The molecule has 0 aromatic carbocycles. The molecule has 0 radical (unpaired) electrons. The molecule has 70 valence electrons. The van der Waals surface area contributed by atoms with Crippen molar-refractivity contribution in [3.8, 4) is 0 Å². The molecule has 4 heteroatoms. The third kappa shape index (κ3) is 1.22. The summed E-state index contributed by atoms with van der Waals surface area (Å²) in [6, 6.07) is 0.382. The standard InChI is InChI=1S/C9H12N2O2/c1-6-2-3-7(9(12)13)8-10-4-5-11(6)8/h4-7H,2-3H2,1H3,(H,12,13). The van der Waals surface area contributed by atoms with E-state index in [0.29, 0.717) is 18.3 Å². The number of imidazole rings is 1. The molecule has 1 aromatic rings. The van der Waals surface area contributed by atoms with Gasteiger partial charge in [0.2, 0.25) is 0 Å². The number of fused-ring (bicyclic) bond motifs is 1. The van der Waals surface area contributed by atoms with Gasteiger partial charge in [0.25, 0.3) is 0 Å². The summed E-state index contributed by atoms with van der Waals surface area (Å²) < 4.78 is 1.96. The molecule has 1 aromatic heterocycles. The van der Waals surface area contributed by atoms with Gasteiger partial charge < -0.3 is 9.67 Å². The molecular weight excluding hydrogens is 168 g/mol. The van der Waals surface area contributed by atoms with Crippen LogP contribution in [0, 0.1) is 0 Å². The van der Waals surface area contributed by atoms with Crippen molar-refractivity contribution in [2.75, 3.05) is 0 Å². The second kappa shape index (κ2) is 2.87. The molecule has 0 saturated carbocycles. The third-order valence-corrected chi connectivity index (χ3v) is 2.66. The van der Waals surface area contributed by atoms with Crippen molar-refractivity contribution in [3.05, 3.63) is 18.2 Å². The molecule has 0 aliphatic carbocycles. The van der Waals surface area contributed by atoms with E-state index < -0.39 is 11.9 Å². The second-order valence-corrected chi connectivity index (χ2v) is 3.51. The number of hydrogen-bond acceptors (Lipinski definition) is 2. The maximum Gasteiger partial charge on any atom is 0.314 e. The van der Waals surface area contributed by atoms with Crippen molar-refractivity contribution in [2.45, 2.75) is 31.7 Å². The first-order chi connectivity index (χ1) is 6.20. The maximum atomic E-state index is 10.9. The summed E-state index contributed by atoms with van der Waals surface area (Å²) in [6.07, 6.45) is 5.15. The van der Waals surface area contributed by atoms with E-state index in [2.05, 4.69) is 11.9 Å². The summed E-state index contributed by atoms with van der Waals surface area (Å²) in [7, 11) is 0. The fraction of sp³-hybridized carbons (Fsp3) is 0.556. The van der Waals surface area contributed by atoms with Crippen LogP contribution in [0.25, 0.3) is 0 Å². The van der Waals surface area contributed by atoms with E-state index in [1.54, 1.807) is 6.20 Å². The molecule has 1 aliphatic heterocycles. The summed E-state index contributed by atoms with van der Waals surface area (Å²) in [5, 5.41) is 8.94. The molecule has 0 amide bonds. The topological polar surface area (TPSA) is 55.1 Å². The number of carbonyl (C=O) groups is 1. The fourth-order valence-corrected chi connectivity index (χ4v) is 1.88. The maximum absolute atomic E-state index is 10.9. The SMILES string of the molecule is CC1CCC(C(=O)O)c2nccn21. The van der Waals surface area contributed by atoms with E-state index >= 15 is 0 Å². The average molecular weight is 180 g/mol. The molecule has 0 fully saturated rings. The van der Waals surface area contributed by atoms with Crippen LogP contribution in [-0.2, 0) is 4.79 Å². The number of nitrogens with zero attached hydrogens (tertiary/aromatic N) is 2. The van der Waals surface area contributed by atoms with Crippen molar-refractivity contribution < 1.29 is 9.90 Å². The molecular formula is C9H12N2O2. The molecule has 1 aliphatic rings. The van der Waals surface area contributed by atoms with E-state index in [1.165, 1.54) is 0 Å². The van der Waals surface area contributed by atoms with Crippen LogP contribution in [0.4, 0.5) is 0 Å². The van der Waals surface area contributed by atoms with Crippen LogP contribution in [0.3, 0.4) is 0 Å². The Morgan fingerprint density at radius 3 is 3.15 bits per heavy atom. The van der Waals surface area contributed by atoms with Crippen LogP contribution >= 0.6 is 0 Å². The first-order valence-electron chi connectivity index (χ1n) is 4.45. The minimum Gasteiger partial charge on any atom is -0.481 e. The molecule has 0 spiro atoms. The zero-order valence-corrected chi connectivity index (χ0v) is 7.47. The van der Waals surface area contributed by atoms with Crippen molar-refractivity contribution in [3.63, 3.8) is 0 Å². The molecule has 0 bridgehead atoms. The third-order valence-electron chi connectivity index (χ3n) is 2.66. The average Bonchev–Trinajstić information content (AvgIpc) is 2.53. The van der Waals surface area contributed by atoms with E-state index in [-0.39, 0.29) is 0 Å². The Kier molecular flexibility index (Phi) is 1.83. The smallest absolute Gasteiger partial charge is 0.314 e. The minimum atomic E-state index is -0.764. The highest BCUT2D eigenvalue weighted by Gasteiger charge is 2.30. The van der Waals surface area contributed by atoms with Gasteiger partial charge in [-0.25, -0.2) is 4.98 Å². The van der Waals surface area contributed by atoms with Crippen LogP contribution < -0.4 is 0 Å². The molecule has 2 heterocycles. The Balaban J connectivity index is 2.40. The molecule has 1 N–H and O–H groups in total. The predicted molar refractivity (Wildman–Crippen MR) is 46.5 cm³/mol. The van der Waals surface area contributed by atoms with Crippen LogP contribution in [0.5, 0.6) is 0 Å². The van der Waals surface area contributed by atoms with E-state index in [1.807, 2.05) is 10.8 Å². The fourth-order valence-electron chi connectivity index (χ4n) is 1.88. The van der Waals surface area contributed by atoms with Gasteiger partial charge in [-0.15, -0.1) is 0 Å².